The first kappa shape index (κ1) is 19.7. The van der Waals surface area contributed by atoms with Crippen molar-refractivity contribution >= 4 is 17.5 Å². The van der Waals surface area contributed by atoms with Crippen LogP contribution in [0.25, 0.3) is 0 Å². The Balaban J connectivity index is 2.14. The SMILES string of the molecule is Cc1ccccc1C(=O)NC(C(=O)Nc1cccc(C(C)C)c1)C(C)C. The van der Waals surface area contributed by atoms with E-state index in [4.69, 9.17) is 0 Å². The summed E-state index contributed by atoms with van der Waals surface area (Å²) in [7, 11) is 0. The van der Waals surface area contributed by atoms with Crippen LogP contribution in [0.3, 0.4) is 0 Å². The van der Waals surface area contributed by atoms with Crippen LogP contribution in [0.15, 0.2) is 48.5 Å². The Morgan fingerprint density at radius 2 is 1.62 bits per heavy atom. The summed E-state index contributed by atoms with van der Waals surface area (Å²) in [5.74, 6) is -0.0829. The van der Waals surface area contributed by atoms with E-state index in [1.54, 1.807) is 6.07 Å². The number of nitrogens with one attached hydrogen (secondary N) is 2. The molecule has 1 atom stereocenters. The van der Waals surface area contributed by atoms with Gasteiger partial charge in [0.1, 0.15) is 6.04 Å². The highest BCUT2D eigenvalue weighted by Gasteiger charge is 2.25. The molecule has 2 aromatic rings. The van der Waals surface area contributed by atoms with Crippen molar-refractivity contribution < 1.29 is 9.59 Å². The number of hydrogen-bond donors (Lipinski definition) is 2. The Bertz CT molecular complexity index is 781. The third-order valence-corrected chi connectivity index (χ3v) is 4.45. The summed E-state index contributed by atoms with van der Waals surface area (Å²) in [5.41, 5.74) is 3.38. The van der Waals surface area contributed by atoms with Crippen LogP contribution in [0, 0.1) is 12.8 Å². The fraction of sp³-hybridized carbons (Fsp3) is 0.364. The maximum atomic E-state index is 12.8. The molecule has 0 spiro atoms. The molecule has 2 N–H and O–H groups in total. The molecule has 0 aliphatic heterocycles. The molecule has 2 aromatic carbocycles. The molecule has 0 bridgehead atoms. The van der Waals surface area contributed by atoms with Crippen LogP contribution in [-0.2, 0) is 4.79 Å². The summed E-state index contributed by atoms with van der Waals surface area (Å²) in [6.07, 6.45) is 0. The van der Waals surface area contributed by atoms with E-state index in [1.165, 1.54) is 0 Å². The molecule has 0 aliphatic carbocycles. The molecule has 26 heavy (non-hydrogen) atoms. The lowest BCUT2D eigenvalue weighted by Crippen LogP contribution is -2.47. The van der Waals surface area contributed by atoms with Crippen molar-refractivity contribution in [1.82, 2.24) is 5.32 Å². The van der Waals surface area contributed by atoms with Gasteiger partial charge in [-0.25, -0.2) is 0 Å². The lowest BCUT2D eigenvalue weighted by molar-refractivity contribution is -0.118. The number of benzene rings is 2. The third-order valence-electron chi connectivity index (χ3n) is 4.45. The van der Waals surface area contributed by atoms with Crippen LogP contribution in [-0.4, -0.2) is 17.9 Å². The number of rotatable bonds is 6. The van der Waals surface area contributed by atoms with Gasteiger partial charge in [0, 0.05) is 11.3 Å². The average Bonchev–Trinajstić information content (AvgIpc) is 2.59. The lowest BCUT2D eigenvalue weighted by atomic mass is 10.0. The second-order valence-electron chi connectivity index (χ2n) is 7.28. The van der Waals surface area contributed by atoms with Crippen LogP contribution < -0.4 is 10.6 Å². The summed E-state index contributed by atoms with van der Waals surface area (Å²) in [5, 5.41) is 5.82. The van der Waals surface area contributed by atoms with Gasteiger partial charge in [-0.2, -0.15) is 0 Å². The van der Waals surface area contributed by atoms with E-state index in [0.717, 1.165) is 16.8 Å². The van der Waals surface area contributed by atoms with Gasteiger partial charge in [-0.3, -0.25) is 9.59 Å². The van der Waals surface area contributed by atoms with Gasteiger partial charge in [-0.15, -0.1) is 0 Å². The zero-order valence-electron chi connectivity index (χ0n) is 16.2. The normalized spacial score (nSPS) is 12.1. The fourth-order valence-electron chi connectivity index (χ4n) is 2.78. The minimum absolute atomic E-state index is 0.0313. The van der Waals surface area contributed by atoms with E-state index in [2.05, 4.69) is 24.5 Å². The first-order valence-corrected chi connectivity index (χ1v) is 9.07. The average molecular weight is 352 g/mol. The predicted octanol–water partition coefficient (Wildman–Crippen LogP) is 4.51. The van der Waals surface area contributed by atoms with Crippen molar-refractivity contribution in [3.05, 3.63) is 65.2 Å². The molecule has 0 fully saturated rings. The van der Waals surface area contributed by atoms with E-state index in [0.29, 0.717) is 11.5 Å². The number of aryl methyl sites for hydroxylation is 1. The zero-order chi connectivity index (χ0) is 19.3. The number of carbonyl (C=O) groups is 2. The predicted molar refractivity (Wildman–Crippen MR) is 106 cm³/mol. The molecule has 0 saturated heterocycles. The lowest BCUT2D eigenvalue weighted by Gasteiger charge is -2.22. The number of hydrogen-bond acceptors (Lipinski definition) is 2. The third kappa shape index (κ3) is 4.94. The first-order valence-electron chi connectivity index (χ1n) is 9.07. The minimum Gasteiger partial charge on any atom is -0.340 e. The molecule has 4 nitrogen and oxygen atoms in total. The van der Waals surface area contributed by atoms with Crippen LogP contribution in [0.5, 0.6) is 0 Å². The van der Waals surface area contributed by atoms with Gasteiger partial charge >= 0.3 is 0 Å². The van der Waals surface area contributed by atoms with Gasteiger partial charge in [0.05, 0.1) is 0 Å². The van der Waals surface area contributed by atoms with Crippen molar-refractivity contribution in [2.24, 2.45) is 5.92 Å². The Morgan fingerprint density at radius 3 is 2.23 bits per heavy atom. The number of amides is 2. The highest BCUT2D eigenvalue weighted by atomic mass is 16.2. The Labute approximate surface area is 156 Å². The zero-order valence-corrected chi connectivity index (χ0v) is 16.2. The molecule has 2 rings (SSSR count). The molecule has 0 saturated carbocycles. The Kier molecular flexibility index (Phi) is 6.56. The second kappa shape index (κ2) is 8.65. The molecule has 2 amide bonds. The molecular formula is C22H28N2O2. The molecule has 0 aromatic heterocycles. The highest BCUT2D eigenvalue weighted by molar-refractivity contribution is 6.01. The minimum atomic E-state index is -0.607. The van der Waals surface area contributed by atoms with Crippen LogP contribution in [0.2, 0.25) is 0 Å². The maximum absolute atomic E-state index is 12.8. The topological polar surface area (TPSA) is 58.2 Å². The molecule has 0 heterocycles. The van der Waals surface area contributed by atoms with Gasteiger partial charge in [0.15, 0.2) is 0 Å². The summed E-state index contributed by atoms with van der Waals surface area (Å²) >= 11 is 0. The maximum Gasteiger partial charge on any atom is 0.252 e. The van der Waals surface area contributed by atoms with Crippen LogP contribution in [0.1, 0.15) is 55.1 Å². The van der Waals surface area contributed by atoms with Crippen molar-refractivity contribution in [2.45, 2.75) is 46.6 Å². The standard InChI is InChI=1S/C22H28N2O2/c1-14(2)17-10-8-11-18(13-17)23-22(26)20(15(3)4)24-21(25)19-12-7-6-9-16(19)5/h6-15,20H,1-5H3,(H,23,26)(H,24,25). The monoisotopic (exact) mass is 352 g/mol. The summed E-state index contributed by atoms with van der Waals surface area (Å²) < 4.78 is 0. The first-order chi connectivity index (χ1) is 12.3. The van der Waals surface area contributed by atoms with E-state index < -0.39 is 6.04 Å². The van der Waals surface area contributed by atoms with E-state index in [1.807, 2.05) is 63.2 Å². The highest BCUT2D eigenvalue weighted by Crippen LogP contribution is 2.19. The second-order valence-corrected chi connectivity index (χ2v) is 7.28. The molecule has 0 aliphatic rings. The molecule has 4 heteroatoms. The van der Waals surface area contributed by atoms with Gasteiger partial charge in [0.2, 0.25) is 5.91 Å². The number of carbonyl (C=O) groups excluding carboxylic acids is 2. The molecule has 138 valence electrons. The largest absolute Gasteiger partial charge is 0.340 e. The molecule has 0 radical (unpaired) electrons. The van der Waals surface area contributed by atoms with Gasteiger partial charge in [-0.05, 0) is 48.1 Å². The summed E-state index contributed by atoms with van der Waals surface area (Å²) in [6, 6.07) is 14.6. The van der Waals surface area contributed by atoms with Crippen molar-refractivity contribution in [2.75, 3.05) is 5.32 Å². The van der Waals surface area contributed by atoms with Gasteiger partial charge in [-0.1, -0.05) is 58.0 Å². The Hall–Kier alpha value is -2.62. The molecule has 1 unspecified atom stereocenters. The number of anilines is 1. The van der Waals surface area contributed by atoms with Crippen molar-refractivity contribution in [1.29, 1.82) is 0 Å². The fourth-order valence-corrected chi connectivity index (χ4v) is 2.78. The smallest absolute Gasteiger partial charge is 0.252 e. The van der Waals surface area contributed by atoms with E-state index >= 15 is 0 Å². The van der Waals surface area contributed by atoms with Crippen molar-refractivity contribution in [3.63, 3.8) is 0 Å². The van der Waals surface area contributed by atoms with E-state index in [-0.39, 0.29) is 17.7 Å². The van der Waals surface area contributed by atoms with Crippen molar-refractivity contribution in [3.8, 4) is 0 Å². The Morgan fingerprint density at radius 1 is 0.923 bits per heavy atom. The molecular weight excluding hydrogens is 324 g/mol. The summed E-state index contributed by atoms with van der Waals surface area (Å²) in [4.78, 5) is 25.4. The van der Waals surface area contributed by atoms with Gasteiger partial charge in [0.25, 0.3) is 5.91 Å². The van der Waals surface area contributed by atoms with Crippen LogP contribution >= 0.6 is 0 Å². The van der Waals surface area contributed by atoms with Gasteiger partial charge < -0.3 is 10.6 Å². The van der Waals surface area contributed by atoms with E-state index in [9.17, 15) is 9.59 Å². The quantitative estimate of drug-likeness (QED) is 0.803. The summed E-state index contributed by atoms with van der Waals surface area (Å²) in [6.45, 7) is 9.96. The van der Waals surface area contributed by atoms with Crippen LogP contribution in [0.4, 0.5) is 5.69 Å².